The SMILES string of the molecule is CCn1ncc2c1-c1ccccc1OC21CCN(Cc2ccc(OCCOC)c(OC)c2)CC1. The summed E-state index contributed by atoms with van der Waals surface area (Å²) in [6.45, 7) is 6.80. The zero-order chi connectivity index (χ0) is 23.5. The highest BCUT2D eigenvalue weighted by atomic mass is 16.5. The van der Waals surface area contributed by atoms with Gasteiger partial charge in [-0.05, 0) is 36.8 Å². The standard InChI is InChI=1S/C27H33N3O4/c1-4-30-26-21-7-5-6-8-23(21)34-27(22(26)18-28-30)11-13-29(14-12-27)19-20-9-10-24(25(17-20)32-3)33-16-15-31-2/h5-10,17-18H,4,11-16,19H2,1-3H3. The summed E-state index contributed by atoms with van der Waals surface area (Å²) >= 11 is 0. The Labute approximate surface area is 201 Å². The zero-order valence-electron chi connectivity index (χ0n) is 20.3. The average molecular weight is 464 g/mol. The summed E-state index contributed by atoms with van der Waals surface area (Å²) in [6, 6.07) is 14.5. The molecule has 2 aliphatic heterocycles. The lowest BCUT2D eigenvalue weighted by molar-refractivity contribution is -0.00696. The van der Waals surface area contributed by atoms with E-state index in [0.29, 0.717) is 13.2 Å². The van der Waals surface area contributed by atoms with Crippen LogP contribution in [-0.2, 0) is 23.4 Å². The van der Waals surface area contributed by atoms with Crippen molar-refractivity contribution < 1.29 is 18.9 Å². The Hall–Kier alpha value is -3.03. The van der Waals surface area contributed by atoms with Gasteiger partial charge in [-0.2, -0.15) is 5.10 Å². The first kappa shape index (κ1) is 22.7. The fraction of sp³-hybridized carbons (Fsp3) is 0.444. The number of aromatic nitrogens is 2. The molecule has 7 nitrogen and oxygen atoms in total. The molecule has 0 N–H and O–H groups in total. The van der Waals surface area contributed by atoms with E-state index in [1.165, 1.54) is 16.8 Å². The molecule has 5 rings (SSSR count). The van der Waals surface area contributed by atoms with E-state index in [-0.39, 0.29) is 5.60 Å². The summed E-state index contributed by atoms with van der Waals surface area (Å²) in [7, 11) is 3.35. The third-order valence-electron chi connectivity index (χ3n) is 6.92. The lowest BCUT2D eigenvalue weighted by atomic mass is 9.81. The van der Waals surface area contributed by atoms with E-state index < -0.39 is 0 Å². The van der Waals surface area contributed by atoms with Crippen LogP contribution in [0.25, 0.3) is 11.3 Å². The Balaban J connectivity index is 1.30. The van der Waals surface area contributed by atoms with Crippen LogP contribution in [0.15, 0.2) is 48.7 Å². The Morgan fingerprint density at radius 2 is 1.85 bits per heavy atom. The second kappa shape index (κ2) is 9.68. The van der Waals surface area contributed by atoms with Crippen molar-refractivity contribution in [1.82, 2.24) is 14.7 Å². The van der Waals surface area contributed by atoms with Crippen molar-refractivity contribution >= 4 is 0 Å². The quantitative estimate of drug-likeness (QED) is 0.459. The molecule has 3 aromatic rings. The molecule has 3 heterocycles. The molecule has 2 aromatic carbocycles. The number of rotatable bonds is 8. The van der Waals surface area contributed by atoms with Gasteiger partial charge >= 0.3 is 0 Å². The first-order chi connectivity index (χ1) is 16.7. The molecule has 1 aromatic heterocycles. The van der Waals surface area contributed by atoms with Gasteiger partial charge < -0.3 is 18.9 Å². The summed E-state index contributed by atoms with van der Waals surface area (Å²) in [5, 5.41) is 4.69. The molecule has 180 valence electrons. The molecule has 7 heteroatoms. The minimum Gasteiger partial charge on any atom is -0.493 e. The average Bonchev–Trinajstić information content (AvgIpc) is 3.32. The van der Waals surface area contributed by atoms with E-state index in [0.717, 1.165) is 61.8 Å². The fourth-order valence-corrected chi connectivity index (χ4v) is 5.13. The summed E-state index contributed by atoms with van der Waals surface area (Å²) in [5.41, 5.74) is 4.48. The maximum absolute atomic E-state index is 6.72. The predicted octanol–water partition coefficient (Wildman–Crippen LogP) is 4.49. The van der Waals surface area contributed by atoms with Crippen LogP contribution in [0.3, 0.4) is 0 Å². The van der Waals surface area contributed by atoms with E-state index in [9.17, 15) is 0 Å². The number of hydrogen-bond donors (Lipinski definition) is 0. The highest BCUT2D eigenvalue weighted by molar-refractivity contribution is 5.73. The lowest BCUT2D eigenvalue weighted by Crippen LogP contribution is -2.47. The van der Waals surface area contributed by atoms with E-state index >= 15 is 0 Å². The number of hydrogen-bond acceptors (Lipinski definition) is 6. The van der Waals surface area contributed by atoms with E-state index in [4.69, 9.17) is 24.0 Å². The van der Waals surface area contributed by atoms with Crippen LogP contribution in [0.1, 0.15) is 30.9 Å². The molecule has 1 fully saturated rings. The van der Waals surface area contributed by atoms with Gasteiger partial charge in [0.05, 0.1) is 25.6 Å². The number of nitrogens with zero attached hydrogens (tertiary/aromatic N) is 3. The number of likely N-dealkylation sites (tertiary alicyclic amines) is 1. The van der Waals surface area contributed by atoms with Gasteiger partial charge in [0.1, 0.15) is 18.0 Å². The molecule has 2 aliphatic rings. The van der Waals surface area contributed by atoms with Gasteiger partial charge in [-0.1, -0.05) is 18.2 Å². The second-order valence-corrected chi connectivity index (χ2v) is 8.92. The fourth-order valence-electron chi connectivity index (χ4n) is 5.13. The summed E-state index contributed by atoms with van der Waals surface area (Å²) in [5.74, 6) is 2.47. The highest BCUT2D eigenvalue weighted by Gasteiger charge is 2.45. The topological polar surface area (TPSA) is 58.0 Å². The monoisotopic (exact) mass is 463 g/mol. The van der Waals surface area contributed by atoms with Crippen molar-refractivity contribution in [3.8, 4) is 28.5 Å². The van der Waals surface area contributed by atoms with Crippen LogP contribution in [-0.4, -0.2) is 55.2 Å². The maximum Gasteiger partial charge on any atom is 0.161 e. The van der Waals surface area contributed by atoms with Crippen LogP contribution >= 0.6 is 0 Å². The Kier molecular flexibility index (Phi) is 6.48. The van der Waals surface area contributed by atoms with Crippen LogP contribution < -0.4 is 14.2 Å². The Bertz CT molecular complexity index is 1130. The van der Waals surface area contributed by atoms with Crippen LogP contribution in [0.2, 0.25) is 0 Å². The number of piperidine rings is 1. The minimum atomic E-state index is -0.315. The molecule has 1 spiro atoms. The largest absolute Gasteiger partial charge is 0.493 e. The van der Waals surface area contributed by atoms with Gasteiger partial charge in [-0.3, -0.25) is 9.58 Å². The molecule has 0 radical (unpaired) electrons. The van der Waals surface area contributed by atoms with Crippen molar-refractivity contribution in [2.24, 2.45) is 0 Å². The smallest absolute Gasteiger partial charge is 0.161 e. The van der Waals surface area contributed by atoms with Crippen molar-refractivity contribution in [3.63, 3.8) is 0 Å². The van der Waals surface area contributed by atoms with Crippen molar-refractivity contribution in [2.45, 2.75) is 38.5 Å². The summed E-state index contributed by atoms with van der Waals surface area (Å²) < 4.78 is 25.2. The molecule has 0 bridgehead atoms. The van der Waals surface area contributed by atoms with Gasteiger partial charge in [-0.15, -0.1) is 0 Å². The first-order valence-electron chi connectivity index (χ1n) is 12.0. The maximum atomic E-state index is 6.72. The van der Waals surface area contributed by atoms with Crippen LogP contribution in [0.4, 0.5) is 0 Å². The molecule has 34 heavy (non-hydrogen) atoms. The summed E-state index contributed by atoms with van der Waals surface area (Å²) in [6.07, 6.45) is 3.88. The number of para-hydroxylation sites is 1. The van der Waals surface area contributed by atoms with Gasteiger partial charge in [0.2, 0.25) is 0 Å². The number of ether oxygens (including phenoxy) is 4. The Morgan fingerprint density at radius 3 is 2.62 bits per heavy atom. The second-order valence-electron chi connectivity index (χ2n) is 8.92. The van der Waals surface area contributed by atoms with Crippen LogP contribution in [0, 0.1) is 0 Å². The van der Waals surface area contributed by atoms with E-state index in [1.807, 2.05) is 12.3 Å². The van der Waals surface area contributed by atoms with Crippen molar-refractivity contribution in [3.05, 3.63) is 59.8 Å². The Morgan fingerprint density at radius 1 is 1.03 bits per heavy atom. The van der Waals surface area contributed by atoms with Gasteiger partial charge in [0.15, 0.2) is 11.5 Å². The van der Waals surface area contributed by atoms with Crippen molar-refractivity contribution in [1.29, 1.82) is 0 Å². The molecule has 0 unspecified atom stereocenters. The predicted molar refractivity (Wildman–Crippen MR) is 131 cm³/mol. The number of aryl methyl sites for hydroxylation is 1. The molecule has 1 saturated heterocycles. The zero-order valence-corrected chi connectivity index (χ0v) is 20.3. The molecule has 0 saturated carbocycles. The minimum absolute atomic E-state index is 0.315. The third-order valence-corrected chi connectivity index (χ3v) is 6.92. The van der Waals surface area contributed by atoms with E-state index in [2.05, 4.69) is 52.9 Å². The third kappa shape index (κ3) is 4.14. The highest BCUT2D eigenvalue weighted by Crippen LogP contribution is 2.49. The molecule has 0 aliphatic carbocycles. The number of benzene rings is 2. The molecular formula is C27H33N3O4. The number of fused-ring (bicyclic) bond motifs is 4. The first-order valence-corrected chi connectivity index (χ1v) is 12.0. The van der Waals surface area contributed by atoms with Gasteiger partial charge in [0.25, 0.3) is 0 Å². The molecule has 0 atom stereocenters. The van der Waals surface area contributed by atoms with E-state index in [1.54, 1.807) is 14.2 Å². The summed E-state index contributed by atoms with van der Waals surface area (Å²) in [4.78, 5) is 2.49. The van der Waals surface area contributed by atoms with Crippen LogP contribution in [0.5, 0.6) is 17.2 Å². The molecular weight excluding hydrogens is 430 g/mol. The van der Waals surface area contributed by atoms with Gasteiger partial charge in [-0.25, -0.2) is 0 Å². The molecule has 0 amide bonds. The lowest BCUT2D eigenvalue weighted by Gasteiger charge is -2.44. The normalized spacial score (nSPS) is 16.6. The number of methoxy groups -OCH3 is 2. The van der Waals surface area contributed by atoms with Crippen molar-refractivity contribution in [2.75, 3.05) is 40.5 Å². The van der Waals surface area contributed by atoms with Gasteiger partial charge in [0, 0.05) is 57.3 Å².